The normalized spacial score (nSPS) is 11.0. The predicted molar refractivity (Wildman–Crippen MR) is 109 cm³/mol. The molecule has 0 aliphatic carbocycles. The van der Waals surface area contributed by atoms with Gasteiger partial charge in [-0.15, -0.1) is 0 Å². The molecule has 0 unspecified atom stereocenters. The zero-order chi connectivity index (χ0) is 19.2. The van der Waals surface area contributed by atoms with Gasteiger partial charge in [-0.2, -0.15) is 0 Å². The molecule has 0 bridgehead atoms. The Morgan fingerprint density at radius 1 is 1.08 bits per heavy atom. The first-order valence-corrected chi connectivity index (χ1v) is 10.7. The minimum atomic E-state index is -3.57. The molecule has 2 rings (SSSR count). The highest BCUT2D eigenvalue weighted by atomic mass is 79.9. The Hall–Kier alpha value is -2.06. The van der Waals surface area contributed by atoms with Crippen LogP contribution in [0.2, 0.25) is 0 Å². The molecule has 0 fully saturated rings. The maximum Gasteiger partial charge on any atom is 0.240 e. The van der Waals surface area contributed by atoms with Crippen molar-refractivity contribution in [3.8, 4) is 0 Å². The van der Waals surface area contributed by atoms with Crippen molar-refractivity contribution in [1.82, 2.24) is 5.32 Å². The number of rotatable bonds is 8. The van der Waals surface area contributed by atoms with Crippen molar-refractivity contribution < 1.29 is 13.2 Å². The second-order valence-corrected chi connectivity index (χ2v) is 8.68. The van der Waals surface area contributed by atoms with E-state index in [0.29, 0.717) is 18.8 Å². The van der Waals surface area contributed by atoms with E-state index in [1.165, 1.54) is 0 Å². The molecule has 0 spiro atoms. The summed E-state index contributed by atoms with van der Waals surface area (Å²) in [7, 11) is -1.64. The first-order chi connectivity index (χ1) is 12.3. The smallest absolute Gasteiger partial charge is 0.240 e. The number of anilines is 2. The maximum absolute atomic E-state index is 12.2. The third-order valence-electron chi connectivity index (χ3n) is 3.75. The summed E-state index contributed by atoms with van der Waals surface area (Å²) >= 11 is 3.32. The highest BCUT2D eigenvalue weighted by Gasteiger charge is 2.20. The summed E-state index contributed by atoms with van der Waals surface area (Å²) in [5.74, 6) is -0.350. The van der Waals surface area contributed by atoms with Gasteiger partial charge in [0, 0.05) is 30.3 Å². The third kappa shape index (κ3) is 6.03. The molecule has 8 heteroatoms. The van der Waals surface area contributed by atoms with Gasteiger partial charge in [0.1, 0.15) is 6.54 Å². The molecule has 0 aliphatic heterocycles. The van der Waals surface area contributed by atoms with Crippen LogP contribution in [0.5, 0.6) is 0 Å². The molecule has 1 amide bonds. The highest BCUT2D eigenvalue weighted by molar-refractivity contribution is 9.10. The lowest BCUT2D eigenvalue weighted by Gasteiger charge is -2.23. The minimum Gasteiger partial charge on any atom is -0.373 e. The quantitative estimate of drug-likeness (QED) is 0.685. The maximum atomic E-state index is 12.2. The minimum absolute atomic E-state index is 0.260. The van der Waals surface area contributed by atoms with Gasteiger partial charge in [-0.25, -0.2) is 8.42 Å². The number of nitrogens with one attached hydrogen (secondary N) is 1. The highest BCUT2D eigenvalue weighted by Crippen LogP contribution is 2.21. The number of hydrogen-bond acceptors (Lipinski definition) is 4. The van der Waals surface area contributed by atoms with E-state index >= 15 is 0 Å². The Kier molecular flexibility index (Phi) is 7.05. The summed E-state index contributed by atoms with van der Waals surface area (Å²) in [5.41, 5.74) is 1.49. The van der Waals surface area contributed by atoms with E-state index in [0.717, 1.165) is 20.7 Å². The van der Waals surface area contributed by atoms with Crippen molar-refractivity contribution in [1.29, 1.82) is 0 Å². The Morgan fingerprint density at radius 3 is 2.35 bits per heavy atom. The van der Waals surface area contributed by atoms with Crippen LogP contribution in [-0.2, 0) is 14.8 Å². The van der Waals surface area contributed by atoms with Crippen molar-refractivity contribution in [2.24, 2.45) is 0 Å². The van der Waals surface area contributed by atoms with Gasteiger partial charge in [0.05, 0.1) is 11.9 Å². The van der Waals surface area contributed by atoms with Gasteiger partial charge in [-0.3, -0.25) is 9.10 Å². The molecule has 140 valence electrons. The van der Waals surface area contributed by atoms with E-state index in [1.807, 2.05) is 42.3 Å². The molecule has 0 saturated carbocycles. The lowest BCUT2D eigenvalue weighted by molar-refractivity contribution is -0.119. The van der Waals surface area contributed by atoms with Crippen LogP contribution in [0.4, 0.5) is 11.4 Å². The van der Waals surface area contributed by atoms with Crippen LogP contribution in [0.3, 0.4) is 0 Å². The lowest BCUT2D eigenvalue weighted by atomic mass is 10.3. The Balaban J connectivity index is 1.94. The number of halogens is 1. The average Bonchev–Trinajstić information content (AvgIpc) is 2.59. The van der Waals surface area contributed by atoms with Crippen LogP contribution in [0, 0.1) is 0 Å². The summed E-state index contributed by atoms with van der Waals surface area (Å²) in [5, 5.41) is 2.77. The van der Waals surface area contributed by atoms with E-state index in [1.54, 1.807) is 24.3 Å². The molecular weight excluding hydrogens is 418 g/mol. The molecule has 2 aromatic rings. The van der Waals surface area contributed by atoms with Crippen molar-refractivity contribution in [2.45, 2.75) is 0 Å². The second-order valence-electron chi connectivity index (χ2n) is 5.86. The van der Waals surface area contributed by atoms with Crippen LogP contribution in [0.25, 0.3) is 0 Å². The summed E-state index contributed by atoms with van der Waals surface area (Å²) < 4.78 is 26.0. The van der Waals surface area contributed by atoms with Gasteiger partial charge in [-0.1, -0.05) is 40.2 Å². The van der Waals surface area contributed by atoms with E-state index < -0.39 is 10.0 Å². The SMILES string of the molecule is CN(CCNC(=O)CN(c1cccc(Br)c1)S(C)(=O)=O)c1ccccc1. The zero-order valence-corrected chi connectivity index (χ0v) is 17.1. The van der Waals surface area contributed by atoms with E-state index in [-0.39, 0.29) is 12.5 Å². The molecule has 2 aromatic carbocycles. The molecule has 0 saturated heterocycles. The fraction of sp³-hybridized carbons (Fsp3) is 0.278. The number of carbonyl (C=O) groups excluding carboxylic acids is 1. The molecule has 0 heterocycles. The average molecular weight is 440 g/mol. The van der Waals surface area contributed by atoms with Crippen LogP contribution in [-0.4, -0.2) is 47.3 Å². The zero-order valence-electron chi connectivity index (χ0n) is 14.7. The van der Waals surface area contributed by atoms with Crippen molar-refractivity contribution in [3.63, 3.8) is 0 Å². The molecule has 1 N–H and O–H groups in total. The number of hydrogen-bond donors (Lipinski definition) is 1. The molecule has 26 heavy (non-hydrogen) atoms. The topological polar surface area (TPSA) is 69.7 Å². The van der Waals surface area contributed by atoms with Gasteiger partial charge in [0.2, 0.25) is 15.9 Å². The lowest BCUT2D eigenvalue weighted by Crippen LogP contribution is -2.42. The fourth-order valence-electron chi connectivity index (χ4n) is 2.39. The predicted octanol–water partition coefficient (Wildman–Crippen LogP) is 2.47. The Morgan fingerprint density at radius 2 is 1.73 bits per heavy atom. The largest absolute Gasteiger partial charge is 0.373 e. The van der Waals surface area contributed by atoms with Crippen LogP contribution < -0.4 is 14.5 Å². The summed E-state index contributed by atoms with van der Waals surface area (Å²) in [6.07, 6.45) is 1.09. The van der Waals surface area contributed by atoms with Crippen LogP contribution >= 0.6 is 15.9 Å². The van der Waals surface area contributed by atoms with Gasteiger partial charge < -0.3 is 10.2 Å². The first kappa shape index (κ1) is 20.3. The number of carbonyl (C=O) groups is 1. The van der Waals surface area contributed by atoms with Gasteiger partial charge in [0.15, 0.2) is 0 Å². The number of para-hydroxylation sites is 1. The van der Waals surface area contributed by atoms with Crippen molar-refractivity contribution >= 4 is 43.2 Å². The Bertz CT molecular complexity index is 844. The third-order valence-corrected chi connectivity index (χ3v) is 5.38. The fourth-order valence-corrected chi connectivity index (χ4v) is 3.63. The number of nitrogens with zero attached hydrogens (tertiary/aromatic N) is 2. The Labute approximate surface area is 163 Å². The molecule has 0 atom stereocenters. The summed E-state index contributed by atoms with van der Waals surface area (Å²) in [4.78, 5) is 14.2. The second kappa shape index (κ2) is 9.05. The molecular formula is C18H22BrN3O3S. The van der Waals surface area contributed by atoms with Crippen molar-refractivity contribution in [3.05, 3.63) is 59.1 Å². The monoisotopic (exact) mass is 439 g/mol. The molecule has 0 radical (unpaired) electrons. The van der Waals surface area contributed by atoms with E-state index in [4.69, 9.17) is 0 Å². The number of likely N-dealkylation sites (N-methyl/N-ethyl adjacent to an activating group) is 1. The standard InChI is InChI=1S/C18H22BrN3O3S/c1-21(16-8-4-3-5-9-16)12-11-20-18(23)14-22(26(2,24)25)17-10-6-7-15(19)13-17/h3-10,13H,11-12,14H2,1-2H3,(H,20,23). The molecule has 6 nitrogen and oxygen atoms in total. The number of benzene rings is 2. The molecule has 0 aromatic heterocycles. The van der Waals surface area contributed by atoms with E-state index in [2.05, 4.69) is 21.2 Å². The van der Waals surface area contributed by atoms with Gasteiger partial charge >= 0.3 is 0 Å². The number of sulfonamides is 1. The summed E-state index contributed by atoms with van der Waals surface area (Å²) in [6, 6.07) is 16.7. The first-order valence-electron chi connectivity index (χ1n) is 8.03. The number of amides is 1. The van der Waals surface area contributed by atoms with Gasteiger partial charge in [-0.05, 0) is 30.3 Å². The summed E-state index contributed by atoms with van der Waals surface area (Å²) in [6.45, 7) is 0.774. The van der Waals surface area contributed by atoms with Crippen LogP contribution in [0.1, 0.15) is 0 Å². The van der Waals surface area contributed by atoms with Crippen LogP contribution in [0.15, 0.2) is 59.1 Å². The molecule has 0 aliphatic rings. The van der Waals surface area contributed by atoms with E-state index in [9.17, 15) is 13.2 Å². The van der Waals surface area contributed by atoms with Gasteiger partial charge in [0.25, 0.3) is 0 Å². The van der Waals surface area contributed by atoms with Crippen molar-refractivity contribution in [2.75, 3.05) is 42.1 Å².